The molecule has 0 saturated heterocycles. The molecular weight excluding hydrogens is 384 g/mol. The summed E-state index contributed by atoms with van der Waals surface area (Å²) in [5.41, 5.74) is 1.11. The zero-order chi connectivity index (χ0) is 20.0. The van der Waals surface area contributed by atoms with Crippen LogP contribution in [0.25, 0.3) is 11.3 Å². The van der Waals surface area contributed by atoms with E-state index in [1.54, 1.807) is 12.1 Å². The summed E-state index contributed by atoms with van der Waals surface area (Å²) >= 11 is 0. The largest absolute Gasteiger partial charge is 0.475 e. The molecule has 0 amide bonds. The molecule has 0 fully saturated rings. The second-order valence-corrected chi connectivity index (χ2v) is 7.33. The molecule has 0 radical (unpaired) electrons. The first-order valence-corrected chi connectivity index (χ1v) is 9.71. The third-order valence-electron chi connectivity index (χ3n) is 3.71. The van der Waals surface area contributed by atoms with E-state index in [0.717, 1.165) is 11.6 Å². The van der Waals surface area contributed by atoms with E-state index in [4.69, 9.17) is 4.74 Å². The first kappa shape index (κ1) is 19.4. The highest BCUT2D eigenvalue weighted by atomic mass is 32.2. The number of aromatic nitrogens is 2. The maximum Gasteiger partial charge on any atom is 0.289 e. The van der Waals surface area contributed by atoms with Gasteiger partial charge in [-0.1, -0.05) is 42.5 Å². The predicted molar refractivity (Wildman–Crippen MR) is 101 cm³/mol. The van der Waals surface area contributed by atoms with Gasteiger partial charge in [0.1, 0.15) is 6.61 Å². The average molecular weight is 400 g/mol. The number of nitrogens with zero attached hydrogens (tertiary/aromatic N) is 3. The fourth-order valence-electron chi connectivity index (χ4n) is 2.40. The summed E-state index contributed by atoms with van der Waals surface area (Å²) < 4.78 is 32.2. The minimum absolute atomic E-state index is 0.0147. The number of ether oxygens (including phenoxy) is 1. The van der Waals surface area contributed by atoms with Crippen LogP contribution in [0.4, 0.5) is 5.69 Å². The average Bonchev–Trinajstić information content (AvgIpc) is 2.72. The minimum atomic E-state index is -4.04. The van der Waals surface area contributed by atoms with Crippen LogP contribution in [0.3, 0.4) is 0 Å². The van der Waals surface area contributed by atoms with E-state index in [9.17, 15) is 18.5 Å². The Balaban J connectivity index is 1.56. The normalized spacial score (nSPS) is 11.1. The van der Waals surface area contributed by atoms with Gasteiger partial charge in [-0.15, -0.1) is 10.2 Å². The number of nitro groups is 1. The van der Waals surface area contributed by atoms with Crippen LogP contribution in [0.1, 0.15) is 0 Å². The van der Waals surface area contributed by atoms with Crippen molar-refractivity contribution in [3.63, 3.8) is 0 Å². The van der Waals surface area contributed by atoms with Gasteiger partial charge in [0.2, 0.25) is 15.9 Å². The summed E-state index contributed by atoms with van der Waals surface area (Å²) in [6.07, 6.45) is 0. The van der Waals surface area contributed by atoms with E-state index in [2.05, 4.69) is 14.9 Å². The van der Waals surface area contributed by atoms with Crippen molar-refractivity contribution in [2.75, 3.05) is 13.2 Å². The summed E-state index contributed by atoms with van der Waals surface area (Å²) in [6, 6.07) is 18.0. The molecule has 2 aromatic carbocycles. The van der Waals surface area contributed by atoms with Gasteiger partial charge in [-0.25, -0.2) is 13.1 Å². The predicted octanol–water partition coefficient (Wildman–Crippen LogP) is 2.41. The van der Waals surface area contributed by atoms with Crippen LogP contribution in [0.15, 0.2) is 71.6 Å². The van der Waals surface area contributed by atoms with Crippen LogP contribution in [0.2, 0.25) is 0 Å². The van der Waals surface area contributed by atoms with E-state index in [1.165, 1.54) is 18.2 Å². The lowest BCUT2D eigenvalue weighted by atomic mass is 10.1. The zero-order valence-electron chi connectivity index (χ0n) is 14.6. The molecule has 0 aliphatic carbocycles. The molecule has 1 N–H and O–H groups in total. The van der Waals surface area contributed by atoms with Gasteiger partial charge in [-0.05, 0) is 12.1 Å². The Morgan fingerprint density at radius 1 is 0.964 bits per heavy atom. The van der Waals surface area contributed by atoms with Crippen molar-refractivity contribution in [3.05, 3.63) is 76.8 Å². The van der Waals surface area contributed by atoms with Crippen molar-refractivity contribution in [3.8, 4) is 17.1 Å². The smallest absolute Gasteiger partial charge is 0.289 e. The Bertz CT molecular complexity index is 1060. The number of nitro benzene ring substituents is 1. The fourth-order valence-corrected chi connectivity index (χ4v) is 3.59. The van der Waals surface area contributed by atoms with Crippen LogP contribution in [-0.2, 0) is 10.0 Å². The van der Waals surface area contributed by atoms with Gasteiger partial charge in [0.05, 0.1) is 10.6 Å². The van der Waals surface area contributed by atoms with Crippen molar-refractivity contribution in [2.24, 2.45) is 0 Å². The van der Waals surface area contributed by atoms with Crippen LogP contribution < -0.4 is 9.46 Å². The number of sulfonamides is 1. The molecule has 1 aromatic heterocycles. The first-order chi connectivity index (χ1) is 13.5. The number of hydrogen-bond donors (Lipinski definition) is 1. The van der Waals surface area contributed by atoms with Crippen molar-refractivity contribution in [1.29, 1.82) is 0 Å². The highest BCUT2D eigenvalue weighted by Crippen LogP contribution is 2.22. The highest BCUT2D eigenvalue weighted by molar-refractivity contribution is 7.89. The lowest BCUT2D eigenvalue weighted by Gasteiger charge is -2.08. The van der Waals surface area contributed by atoms with Crippen LogP contribution >= 0.6 is 0 Å². The Morgan fingerprint density at radius 3 is 2.36 bits per heavy atom. The summed E-state index contributed by atoms with van der Waals surface area (Å²) in [6.45, 7) is -0.101. The van der Waals surface area contributed by atoms with Crippen molar-refractivity contribution >= 4 is 15.7 Å². The molecule has 0 saturated carbocycles. The van der Waals surface area contributed by atoms with Crippen molar-refractivity contribution in [1.82, 2.24) is 14.9 Å². The standard InChI is InChI=1S/C18H16N4O5S/c23-22(24)16-8-4-5-9-17(16)28(25,26)19-12-13-27-18-11-10-15(20-21-18)14-6-2-1-3-7-14/h1-11,19H,12-13H2. The van der Waals surface area contributed by atoms with E-state index >= 15 is 0 Å². The maximum absolute atomic E-state index is 12.3. The van der Waals surface area contributed by atoms with Gasteiger partial charge >= 0.3 is 0 Å². The number of rotatable bonds is 8. The van der Waals surface area contributed by atoms with Crippen LogP contribution in [0, 0.1) is 10.1 Å². The van der Waals surface area contributed by atoms with Crippen molar-refractivity contribution in [2.45, 2.75) is 4.90 Å². The van der Waals surface area contributed by atoms with E-state index < -0.39 is 25.5 Å². The van der Waals surface area contributed by atoms with E-state index in [-0.39, 0.29) is 19.0 Å². The molecule has 0 aliphatic rings. The molecule has 0 atom stereocenters. The molecule has 0 bridgehead atoms. The molecule has 28 heavy (non-hydrogen) atoms. The molecule has 3 aromatic rings. The Morgan fingerprint density at radius 2 is 1.68 bits per heavy atom. The van der Waals surface area contributed by atoms with Crippen LogP contribution in [-0.4, -0.2) is 36.7 Å². The molecule has 3 rings (SSSR count). The Labute approximate surface area is 161 Å². The number of hydrogen-bond acceptors (Lipinski definition) is 7. The minimum Gasteiger partial charge on any atom is -0.475 e. The molecule has 9 nitrogen and oxygen atoms in total. The zero-order valence-corrected chi connectivity index (χ0v) is 15.4. The summed E-state index contributed by atoms with van der Waals surface area (Å²) in [5.74, 6) is 0.240. The topological polar surface area (TPSA) is 124 Å². The number of para-hydroxylation sites is 1. The van der Waals surface area contributed by atoms with E-state index in [1.807, 2.05) is 30.3 Å². The van der Waals surface area contributed by atoms with Crippen molar-refractivity contribution < 1.29 is 18.1 Å². The Hall–Kier alpha value is -3.37. The number of benzene rings is 2. The summed E-state index contributed by atoms with van der Waals surface area (Å²) in [7, 11) is -4.04. The third kappa shape index (κ3) is 4.67. The van der Waals surface area contributed by atoms with Gasteiger partial charge in [-0.3, -0.25) is 10.1 Å². The second-order valence-electron chi connectivity index (χ2n) is 5.59. The second kappa shape index (κ2) is 8.55. The molecular formula is C18H16N4O5S. The number of nitrogens with one attached hydrogen (secondary N) is 1. The maximum atomic E-state index is 12.3. The van der Waals surface area contributed by atoms with Gasteiger partial charge < -0.3 is 4.74 Å². The van der Waals surface area contributed by atoms with Gasteiger partial charge in [0.15, 0.2) is 4.90 Å². The highest BCUT2D eigenvalue weighted by Gasteiger charge is 2.24. The molecule has 0 unspecified atom stereocenters. The van der Waals surface area contributed by atoms with E-state index in [0.29, 0.717) is 5.69 Å². The molecule has 0 aliphatic heterocycles. The summed E-state index contributed by atoms with van der Waals surface area (Å²) in [4.78, 5) is 9.85. The van der Waals surface area contributed by atoms with Gasteiger partial charge in [0.25, 0.3) is 5.69 Å². The first-order valence-electron chi connectivity index (χ1n) is 8.22. The van der Waals surface area contributed by atoms with Crippen LogP contribution in [0.5, 0.6) is 5.88 Å². The lowest BCUT2D eigenvalue weighted by Crippen LogP contribution is -2.28. The third-order valence-corrected chi connectivity index (χ3v) is 5.21. The molecule has 10 heteroatoms. The molecule has 144 valence electrons. The van der Waals surface area contributed by atoms with Gasteiger partial charge in [0, 0.05) is 24.2 Å². The molecule has 0 spiro atoms. The monoisotopic (exact) mass is 400 g/mol. The quantitative estimate of drug-likeness (QED) is 0.350. The van der Waals surface area contributed by atoms with Gasteiger partial charge in [-0.2, -0.15) is 0 Å². The Kier molecular flexibility index (Phi) is 5.92. The lowest BCUT2D eigenvalue weighted by molar-refractivity contribution is -0.387. The molecule has 1 heterocycles. The SMILES string of the molecule is O=[N+]([O-])c1ccccc1S(=O)(=O)NCCOc1ccc(-c2ccccc2)nn1. The summed E-state index contributed by atoms with van der Waals surface area (Å²) in [5, 5.41) is 19.0. The fraction of sp³-hybridized carbons (Fsp3) is 0.111.